The van der Waals surface area contributed by atoms with E-state index >= 15 is 4.39 Å². The maximum Gasteiger partial charge on any atom is 0.341 e. The van der Waals surface area contributed by atoms with Gasteiger partial charge in [-0.25, -0.2) is 9.18 Å². The van der Waals surface area contributed by atoms with Crippen LogP contribution >= 0.6 is 11.6 Å². The summed E-state index contributed by atoms with van der Waals surface area (Å²) < 4.78 is 22.5. The number of pyridine rings is 1. The van der Waals surface area contributed by atoms with Crippen LogP contribution in [0.15, 0.2) is 35.3 Å². The van der Waals surface area contributed by atoms with Gasteiger partial charge in [0.1, 0.15) is 17.1 Å². The number of aromatic nitrogens is 1. The molecule has 0 bridgehead atoms. The number of aliphatic hydroxyl groups is 1. The molecule has 1 aliphatic heterocycles. The lowest BCUT2D eigenvalue weighted by Crippen LogP contribution is -2.44. The summed E-state index contributed by atoms with van der Waals surface area (Å²) in [6, 6.07) is 6.13. The van der Waals surface area contributed by atoms with Crippen LogP contribution in [-0.2, 0) is 6.42 Å². The number of fused-ring (bicyclic) bond motifs is 1. The fourth-order valence-electron chi connectivity index (χ4n) is 5.01. The van der Waals surface area contributed by atoms with Gasteiger partial charge in [0.05, 0.1) is 30.3 Å². The summed E-state index contributed by atoms with van der Waals surface area (Å²) in [6.45, 7) is 6.89. The number of rotatable bonds is 8. The van der Waals surface area contributed by atoms with E-state index < -0.39 is 28.8 Å². The Hall–Kier alpha value is -3.14. The zero-order chi connectivity index (χ0) is 27.7. The van der Waals surface area contributed by atoms with Gasteiger partial charge < -0.3 is 29.3 Å². The molecule has 2 N–H and O–H groups in total. The number of methoxy groups -OCH3 is 1. The largest absolute Gasteiger partial charge is 0.496 e. The molecule has 1 atom stereocenters. The van der Waals surface area contributed by atoms with Crippen molar-refractivity contribution in [2.24, 2.45) is 5.92 Å². The van der Waals surface area contributed by atoms with Crippen molar-refractivity contribution < 1.29 is 24.1 Å². The van der Waals surface area contributed by atoms with E-state index in [2.05, 4.69) is 16.8 Å². The topological polar surface area (TPSA) is 95.2 Å². The third kappa shape index (κ3) is 5.36. The molecule has 204 valence electrons. The number of aromatic carboxylic acids is 1. The van der Waals surface area contributed by atoms with Gasteiger partial charge >= 0.3 is 5.97 Å². The molecule has 1 saturated heterocycles. The molecule has 2 heterocycles. The van der Waals surface area contributed by atoms with E-state index in [-0.39, 0.29) is 29.4 Å². The summed E-state index contributed by atoms with van der Waals surface area (Å²) in [5, 5.41) is 19.9. The van der Waals surface area contributed by atoms with Crippen molar-refractivity contribution in [3.05, 3.63) is 68.2 Å². The highest BCUT2D eigenvalue weighted by molar-refractivity contribution is 6.31. The third-order valence-corrected chi connectivity index (χ3v) is 7.59. The maximum absolute atomic E-state index is 15.2. The maximum atomic E-state index is 15.2. The Labute approximate surface area is 225 Å². The van der Waals surface area contributed by atoms with Crippen LogP contribution in [0, 0.1) is 11.7 Å². The molecule has 0 spiro atoms. The number of benzene rings is 2. The third-order valence-electron chi connectivity index (χ3n) is 7.32. The number of carboxylic acid groups (broad SMARTS) is 1. The van der Waals surface area contributed by atoms with Crippen LogP contribution in [0.5, 0.6) is 5.75 Å². The van der Waals surface area contributed by atoms with Gasteiger partial charge in [-0.15, -0.1) is 0 Å². The van der Waals surface area contributed by atoms with Gasteiger partial charge in [-0.1, -0.05) is 25.4 Å². The predicted molar refractivity (Wildman–Crippen MR) is 147 cm³/mol. The fraction of sp³-hybridized carbons (Fsp3) is 0.429. The van der Waals surface area contributed by atoms with E-state index in [1.807, 2.05) is 13.8 Å². The molecule has 3 aromatic rings. The van der Waals surface area contributed by atoms with Gasteiger partial charge in [0.2, 0.25) is 5.43 Å². The van der Waals surface area contributed by atoms with Crippen LogP contribution in [-0.4, -0.2) is 72.6 Å². The number of ether oxygens (including phenoxy) is 1. The van der Waals surface area contributed by atoms with Crippen molar-refractivity contribution in [2.75, 3.05) is 51.8 Å². The fourth-order valence-corrected chi connectivity index (χ4v) is 5.24. The molecular weight excluding hydrogens is 513 g/mol. The van der Waals surface area contributed by atoms with Crippen LogP contribution in [0.3, 0.4) is 0 Å². The number of hydrogen-bond acceptors (Lipinski definition) is 6. The summed E-state index contributed by atoms with van der Waals surface area (Å²) in [7, 11) is 3.54. The van der Waals surface area contributed by atoms with Crippen LogP contribution in [0.4, 0.5) is 10.1 Å². The van der Waals surface area contributed by atoms with Crippen molar-refractivity contribution >= 4 is 34.2 Å². The Kier molecular flexibility index (Phi) is 8.30. The Morgan fingerprint density at radius 1 is 1.13 bits per heavy atom. The molecule has 1 unspecified atom stereocenters. The van der Waals surface area contributed by atoms with Gasteiger partial charge in [0, 0.05) is 55.9 Å². The summed E-state index contributed by atoms with van der Waals surface area (Å²) in [4.78, 5) is 29.5. The molecule has 0 saturated carbocycles. The second-order valence-electron chi connectivity index (χ2n) is 10.1. The molecule has 1 fully saturated rings. The quantitative estimate of drug-likeness (QED) is 0.441. The normalized spacial score (nSPS) is 15.3. The van der Waals surface area contributed by atoms with E-state index in [0.717, 1.165) is 31.9 Å². The molecule has 0 aliphatic carbocycles. The minimum Gasteiger partial charge on any atom is -0.496 e. The van der Waals surface area contributed by atoms with Crippen molar-refractivity contribution in [2.45, 2.75) is 26.3 Å². The van der Waals surface area contributed by atoms with E-state index in [4.69, 9.17) is 16.3 Å². The molecule has 38 heavy (non-hydrogen) atoms. The van der Waals surface area contributed by atoms with Gasteiger partial charge in [-0.3, -0.25) is 4.79 Å². The molecule has 0 amide bonds. The first-order chi connectivity index (χ1) is 18.0. The average Bonchev–Trinajstić information content (AvgIpc) is 2.88. The number of carbonyl (C=O) groups is 1. The zero-order valence-electron chi connectivity index (χ0n) is 22.0. The Balaban J connectivity index is 1.87. The molecule has 10 heteroatoms. The first-order valence-corrected chi connectivity index (χ1v) is 12.9. The number of carboxylic acids is 1. The van der Waals surface area contributed by atoms with E-state index in [1.165, 1.54) is 13.3 Å². The van der Waals surface area contributed by atoms with Crippen molar-refractivity contribution in [3.8, 4) is 5.75 Å². The van der Waals surface area contributed by atoms with Crippen LogP contribution in [0.25, 0.3) is 10.9 Å². The van der Waals surface area contributed by atoms with E-state index in [1.54, 1.807) is 28.8 Å². The molecule has 4 rings (SSSR count). The molecular formula is C28H33ClFN3O5. The zero-order valence-corrected chi connectivity index (χ0v) is 22.8. The average molecular weight is 546 g/mol. The Morgan fingerprint density at radius 3 is 2.39 bits per heavy atom. The molecule has 1 aliphatic rings. The lowest BCUT2D eigenvalue weighted by Gasteiger charge is -2.34. The summed E-state index contributed by atoms with van der Waals surface area (Å²) in [5.74, 6) is -1.55. The van der Waals surface area contributed by atoms with Crippen molar-refractivity contribution in [1.29, 1.82) is 0 Å². The van der Waals surface area contributed by atoms with Gasteiger partial charge in [0.25, 0.3) is 0 Å². The van der Waals surface area contributed by atoms with Gasteiger partial charge in [-0.2, -0.15) is 0 Å². The highest BCUT2D eigenvalue weighted by Crippen LogP contribution is 2.33. The van der Waals surface area contributed by atoms with Gasteiger partial charge in [0.15, 0.2) is 0 Å². The first kappa shape index (κ1) is 27.9. The number of nitrogens with zero attached hydrogens (tertiary/aromatic N) is 3. The minimum absolute atomic E-state index is 0.00873. The minimum atomic E-state index is -1.36. The monoisotopic (exact) mass is 545 g/mol. The van der Waals surface area contributed by atoms with Crippen LogP contribution in [0.1, 0.15) is 41.4 Å². The standard InChI is InChI=1S/C28H33ClFN3O5/c1-16(2)24(15-34)33-14-21(28(36)37)27(35)20-11-17(25(38-4)13-23(20)33)9-18-10-19(12-22(29)26(18)30)32-7-5-31(3)6-8-32/h10-14,16,24,34H,5-9,15H2,1-4H3,(H,36,37). The molecule has 2 aromatic carbocycles. The second kappa shape index (κ2) is 11.3. The number of anilines is 1. The number of piperazine rings is 1. The smallest absolute Gasteiger partial charge is 0.341 e. The van der Waals surface area contributed by atoms with Crippen molar-refractivity contribution in [3.63, 3.8) is 0 Å². The first-order valence-electron chi connectivity index (χ1n) is 12.6. The summed E-state index contributed by atoms with van der Waals surface area (Å²) in [6.07, 6.45) is 1.35. The van der Waals surface area contributed by atoms with Crippen molar-refractivity contribution in [1.82, 2.24) is 9.47 Å². The van der Waals surface area contributed by atoms with Crippen LogP contribution < -0.4 is 15.1 Å². The highest BCUT2D eigenvalue weighted by Gasteiger charge is 2.24. The lowest BCUT2D eigenvalue weighted by molar-refractivity contribution is 0.0694. The molecule has 8 nitrogen and oxygen atoms in total. The van der Waals surface area contributed by atoms with Crippen LogP contribution in [0.2, 0.25) is 5.02 Å². The lowest BCUT2D eigenvalue weighted by atomic mass is 9.98. The SMILES string of the molecule is COc1cc2c(cc1Cc1cc(N3CCN(C)CC3)cc(Cl)c1F)c(=O)c(C(=O)O)cn2C(CO)C(C)C. The predicted octanol–water partition coefficient (Wildman–Crippen LogP) is 4.03. The summed E-state index contributed by atoms with van der Waals surface area (Å²) in [5.41, 5.74) is 1.04. The molecule has 0 radical (unpaired) electrons. The number of aliphatic hydroxyl groups excluding tert-OH is 1. The Morgan fingerprint density at radius 2 is 1.82 bits per heavy atom. The van der Waals surface area contributed by atoms with E-state index in [9.17, 15) is 19.8 Å². The highest BCUT2D eigenvalue weighted by atomic mass is 35.5. The summed E-state index contributed by atoms with van der Waals surface area (Å²) >= 11 is 6.30. The number of halogens is 2. The second-order valence-corrected chi connectivity index (χ2v) is 10.5. The van der Waals surface area contributed by atoms with E-state index in [0.29, 0.717) is 22.4 Å². The number of hydrogen-bond donors (Lipinski definition) is 2. The van der Waals surface area contributed by atoms with Gasteiger partial charge in [-0.05, 0) is 42.3 Å². The Bertz CT molecular complexity index is 1420. The molecule has 1 aromatic heterocycles. The number of likely N-dealkylation sites (N-methyl/N-ethyl adjacent to an activating group) is 1.